The van der Waals surface area contributed by atoms with Crippen LogP contribution in [0.4, 0.5) is 13.2 Å². The molecule has 2 fully saturated rings. The molecule has 7 nitrogen and oxygen atoms in total. The summed E-state index contributed by atoms with van der Waals surface area (Å²) in [4.78, 5) is 44.1. The summed E-state index contributed by atoms with van der Waals surface area (Å²) in [6, 6.07) is 2.21. The second kappa shape index (κ2) is 7.53. The molecule has 27 heavy (non-hydrogen) atoms. The van der Waals surface area contributed by atoms with Crippen LogP contribution >= 0.6 is 0 Å². The number of aromatic nitrogens is 1. The molecule has 2 saturated heterocycles. The zero-order chi connectivity index (χ0) is 19.6. The van der Waals surface area contributed by atoms with Crippen LogP contribution in [0.2, 0.25) is 0 Å². The van der Waals surface area contributed by atoms with E-state index in [0.717, 1.165) is 0 Å². The highest BCUT2D eigenvalue weighted by atomic mass is 19.4. The number of piperazine rings is 1. The Balaban J connectivity index is 1.60. The van der Waals surface area contributed by atoms with Gasteiger partial charge in [0, 0.05) is 45.1 Å². The summed E-state index contributed by atoms with van der Waals surface area (Å²) in [5.74, 6) is -2.66. The zero-order valence-corrected chi connectivity index (χ0v) is 14.5. The largest absolute Gasteiger partial charge is 0.471 e. The highest BCUT2D eigenvalue weighted by Gasteiger charge is 2.48. The number of alkyl halides is 3. The molecule has 0 bridgehead atoms. The molecule has 1 unspecified atom stereocenters. The van der Waals surface area contributed by atoms with Crippen molar-refractivity contribution in [1.82, 2.24) is 19.7 Å². The van der Waals surface area contributed by atoms with Crippen molar-refractivity contribution in [2.75, 3.05) is 32.7 Å². The van der Waals surface area contributed by atoms with Crippen molar-refractivity contribution in [3.8, 4) is 0 Å². The molecule has 2 aliphatic rings. The van der Waals surface area contributed by atoms with Crippen molar-refractivity contribution in [3.05, 3.63) is 30.1 Å². The van der Waals surface area contributed by atoms with E-state index in [1.165, 1.54) is 11.1 Å². The van der Waals surface area contributed by atoms with Gasteiger partial charge in [-0.15, -0.1) is 0 Å². The average Bonchev–Trinajstić information content (AvgIpc) is 3.16. The minimum Gasteiger partial charge on any atom is -0.337 e. The van der Waals surface area contributed by atoms with E-state index in [1.807, 2.05) is 0 Å². The van der Waals surface area contributed by atoms with E-state index in [2.05, 4.69) is 4.98 Å². The summed E-state index contributed by atoms with van der Waals surface area (Å²) in [6.45, 7) is 0.914. The summed E-state index contributed by atoms with van der Waals surface area (Å²) < 4.78 is 38.1. The molecule has 3 amide bonds. The number of carbonyl (C=O) groups is 3. The maximum Gasteiger partial charge on any atom is 0.471 e. The number of likely N-dealkylation sites (tertiary alicyclic amines) is 1. The van der Waals surface area contributed by atoms with Crippen molar-refractivity contribution in [3.63, 3.8) is 0 Å². The first kappa shape index (κ1) is 19.1. The van der Waals surface area contributed by atoms with Crippen molar-refractivity contribution >= 4 is 17.7 Å². The minimum absolute atomic E-state index is 0.0752. The number of halogens is 3. The van der Waals surface area contributed by atoms with Crippen LogP contribution in [0, 0.1) is 0 Å². The van der Waals surface area contributed by atoms with Crippen LogP contribution < -0.4 is 0 Å². The number of hydrogen-bond acceptors (Lipinski definition) is 4. The van der Waals surface area contributed by atoms with Crippen LogP contribution in [0.1, 0.15) is 23.2 Å². The smallest absolute Gasteiger partial charge is 0.337 e. The standard InChI is InChI=1S/C17H19F3N4O3/c18-17(19,20)16(27)24-6-2-4-13(24)15(26)23-9-7-22(8-10-23)14(25)12-3-1-5-21-11-12/h1,3,5,11,13H,2,4,6-10H2. The fraction of sp³-hybridized carbons (Fsp3) is 0.529. The second-order valence-corrected chi connectivity index (χ2v) is 6.51. The van der Waals surface area contributed by atoms with Crippen LogP contribution in [-0.2, 0) is 9.59 Å². The van der Waals surface area contributed by atoms with Gasteiger partial charge < -0.3 is 14.7 Å². The molecule has 0 spiro atoms. The lowest BCUT2D eigenvalue weighted by molar-refractivity contribution is -0.187. The number of rotatable bonds is 2. The minimum atomic E-state index is -4.99. The van der Waals surface area contributed by atoms with E-state index in [-0.39, 0.29) is 45.1 Å². The SMILES string of the molecule is O=C(c1cccnc1)N1CCN(C(=O)C2CCCN2C(=O)C(F)(F)F)CC1. The van der Waals surface area contributed by atoms with Gasteiger partial charge in [0.25, 0.3) is 5.91 Å². The molecule has 1 aromatic heterocycles. The van der Waals surface area contributed by atoms with Crippen molar-refractivity contribution in [2.24, 2.45) is 0 Å². The zero-order valence-electron chi connectivity index (χ0n) is 14.5. The quantitative estimate of drug-likeness (QED) is 0.760. The molecule has 146 valence electrons. The number of carbonyl (C=O) groups excluding carboxylic acids is 3. The van der Waals surface area contributed by atoms with Crippen molar-refractivity contribution in [1.29, 1.82) is 0 Å². The van der Waals surface area contributed by atoms with Crippen LogP contribution in [0.25, 0.3) is 0 Å². The molecule has 1 atom stereocenters. The Bertz CT molecular complexity index is 718. The third-order valence-corrected chi connectivity index (χ3v) is 4.83. The Morgan fingerprint density at radius 3 is 2.30 bits per heavy atom. The van der Waals surface area contributed by atoms with Crippen LogP contribution in [0.15, 0.2) is 24.5 Å². The molecule has 2 aliphatic heterocycles. The predicted molar refractivity (Wildman–Crippen MR) is 87.5 cm³/mol. The van der Waals surface area contributed by atoms with Gasteiger partial charge in [0.1, 0.15) is 6.04 Å². The Labute approximate surface area is 153 Å². The lowest BCUT2D eigenvalue weighted by atomic mass is 10.1. The Hall–Kier alpha value is -2.65. The fourth-order valence-corrected chi connectivity index (χ4v) is 3.44. The lowest BCUT2D eigenvalue weighted by Gasteiger charge is -2.37. The topological polar surface area (TPSA) is 73.8 Å². The maximum atomic E-state index is 12.7. The molecule has 3 heterocycles. The van der Waals surface area contributed by atoms with E-state index in [0.29, 0.717) is 16.9 Å². The highest BCUT2D eigenvalue weighted by molar-refractivity contribution is 5.94. The highest BCUT2D eigenvalue weighted by Crippen LogP contribution is 2.27. The number of pyridine rings is 1. The van der Waals surface area contributed by atoms with Gasteiger partial charge in [-0.3, -0.25) is 19.4 Å². The second-order valence-electron chi connectivity index (χ2n) is 6.51. The molecule has 10 heteroatoms. The predicted octanol–water partition coefficient (Wildman–Crippen LogP) is 0.919. The molecular formula is C17H19F3N4O3. The summed E-state index contributed by atoms with van der Waals surface area (Å²) in [5.41, 5.74) is 0.440. The Morgan fingerprint density at radius 1 is 1.04 bits per heavy atom. The monoisotopic (exact) mass is 384 g/mol. The van der Waals surface area contributed by atoms with Gasteiger partial charge in [0.15, 0.2) is 0 Å². The van der Waals surface area contributed by atoms with Gasteiger partial charge in [0.2, 0.25) is 5.91 Å². The summed E-state index contributed by atoms with van der Waals surface area (Å²) in [5, 5.41) is 0. The normalized spacial score (nSPS) is 20.7. The van der Waals surface area contributed by atoms with Crippen molar-refractivity contribution in [2.45, 2.75) is 25.1 Å². The van der Waals surface area contributed by atoms with Gasteiger partial charge in [-0.25, -0.2) is 0 Å². The van der Waals surface area contributed by atoms with E-state index in [4.69, 9.17) is 0 Å². The van der Waals surface area contributed by atoms with E-state index in [1.54, 1.807) is 23.2 Å². The number of hydrogen-bond donors (Lipinski definition) is 0. The number of amides is 3. The maximum absolute atomic E-state index is 12.7. The third kappa shape index (κ3) is 4.04. The summed E-state index contributed by atoms with van der Waals surface area (Å²) in [6.07, 6.45) is -1.40. The summed E-state index contributed by atoms with van der Waals surface area (Å²) in [7, 11) is 0. The van der Waals surface area contributed by atoms with E-state index in [9.17, 15) is 27.6 Å². The molecule has 0 N–H and O–H groups in total. The molecule has 0 radical (unpaired) electrons. The molecule has 1 aromatic rings. The Morgan fingerprint density at radius 2 is 1.70 bits per heavy atom. The first-order valence-corrected chi connectivity index (χ1v) is 8.65. The fourth-order valence-electron chi connectivity index (χ4n) is 3.44. The van der Waals surface area contributed by atoms with E-state index >= 15 is 0 Å². The lowest BCUT2D eigenvalue weighted by Crippen LogP contribution is -2.56. The molecule has 0 saturated carbocycles. The van der Waals surface area contributed by atoms with Crippen LogP contribution in [-0.4, -0.2) is 82.3 Å². The summed E-state index contributed by atoms with van der Waals surface area (Å²) >= 11 is 0. The van der Waals surface area contributed by atoms with Gasteiger partial charge in [-0.1, -0.05) is 0 Å². The molecule has 0 aliphatic carbocycles. The molecule has 3 rings (SSSR count). The molecular weight excluding hydrogens is 365 g/mol. The van der Waals surface area contributed by atoms with Gasteiger partial charge >= 0.3 is 12.1 Å². The van der Waals surface area contributed by atoms with Gasteiger partial charge in [-0.05, 0) is 25.0 Å². The number of nitrogens with zero attached hydrogens (tertiary/aromatic N) is 4. The van der Waals surface area contributed by atoms with Crippen LogP contribution in [0.5, 0.6) is 0 Å². The van der Waals surface area contributed by atoms with Gasteiger partial charge in [0.05, 0.1) is 5.56 Å². The first-order chi connectivity index (χ1) is 12.8. The van der Waals surface area contributed by atoms with Crippen molar-refractivity contribution < 1.29 is 27.6 Å². The average molecular weight is 384 g/mol. The first-order valence-electron chi connectivity index (χ1n) is 8.65. The van der Waals surface area contributed by atoms with Crippen LogP contribution in [0.3, 0.4) is 0 Å². The Kier molecular flexibility index (Phi) is 5.33. The molecule has 0 aromatic carbocycles. The van der Waals surface area contributed by atoms with Gasteiger partial charge in [-0.2, -0.15) is 13.2 Å². The third-order valence-electron chi connectivity index (χ3n) is 4.83. The van der Waals surface area contributed by atoms with E-state index < -0.39 is 24.0 Å².